The molecule has 0 aliphatic rings. The number of hydrogen-bond acceptors (Lipinski definition) is 2. The molecule has 0 aliphatic heterocycles. The molecule has 0 saturated heterocycles. The highest BCUT2D eigenvalue weighted by molar-refractivity contribution is 7.10. The summed E-state index contributed by atoms with van der Waals surface area (Å²) in [5.41, 5.74) is 5.69. The molecule has 0 saturated carbocycles. The van der Waals surface area contributed by atoms with Crippen LogP contribution >= 0.6 is 0 Å². The second-order valence-corrected chi connectivity index (χ2v) is 24.1. The molecule has 0 bridgehead atoms. The van der Waals surface area contributed by atoms with E-state index in [1.807, 2.05) is 12.1 Å². The van der Waals surface area contributed by atoms with Gasteiger partial charge in [-0.25, -0.2) is 0 Å². The van der Waals surface area contributed by atoms with Crippen LogP contribution in [0.3, 0.4) is 0 Å². The SMILES string of the molecule is C#C/C(=C/c1cccc(CCc2ccc(C(=O)[Si](C)(C)C(C)(C)C)c(C(=O)[Si](C)(C)C(C)(C)C)c2)c1)CC. The number of allylic oxidation sites excluding steroid dienone is 1. The standard InChI is InChI=1S/C34H48O2Si2/c1-13-25(14-2)22-28-17-15-16-26(23-28)18-19-27-20-21-29(31(35)37(9,10)33(3,4)5)30(24-27)32(36)38(11,12)34(6,7)8/h1,15-17,20-24H,14,18-19H2,2-12H3/b25-22-. The minimum atomic E-state index is -2.37. The molecule has 0 unspecified atom stereocenters. The first-order valence-corrected chi connectivity index (χ1v) is 19.9. The molecular formula is C34H48O2Si2. The average molecular weight is 545 g/mol. The third-order valence-electron chi connectivity index (χ3n) is 9.02. The van der Waals surface area contributed by atoms with Crippen LogP contribution in [0, 0.1) is 12.3 Å². The summed E-state index contributed by atoms with van der Waals surface area (Å²) in [6.07, 6.45) is 10.2. The average Bonchev–Trinajstić information content (AvgIpc) is 2.83. The zero-order valence-electron chi connectivity index (χ0n) is 25.6. The lowest BCUT2D eigenvalue weighted by Crippen LogP contribution is -2.49. The van der Waals surface area contributed by atoms with Crippen molar-refractivity contribution in [1.29, 1.82) is 0 Å². The summed E-state index contributed by atoms with van der Waals surface area (Å²) in [7, 11) is -4.71. The Hall–Kier alpha value is -2.49. The van der Waals surface area contributed by atoms with Gasteiger partial charge in [-0.1, -0.05) is 117 Å². The van der Waals surface area contributed by atoms with Crippen LogP contribution in [0.2, 0.25) is 36.3 Å². The van der Waals surface area contributed by atoms with Gasteiger partial charge in [0, 0.05) is 16.7 Å². The maximum absolute atomic E-state index is 14.1. The summed E-state index contributed by atoms with van der Waals surface area (Å²) in [6.45, 7) is 23.5. The fourth-order valence-corrected chi connectivity index (χ4v) is 7.20. The van der Waals surface area contributed by atoms with E-state index in [0.29, 0.717) is 11.1 Å². The number of aryl methyl sites for hydroxylation is 2. The Kier molecular flexibility index (Phi) is 9.79. The van der Waals surface area contributed by atoms with Crippen molar-refractivity contribution in [2.24, 2.45) is 0 Å². The van der Waals surface area contributed by atoms with Gasteiger partial charge in [0.1, 0.15) is 27.0 Å². The Morgan fingerprint density at radius 2 is 1.29 bits per heavy atom. The second kappa shape index (κ2) is 11.7. The van der Waals surface area contributed by atoms with Crippen molar-refractivity contribution >= 4 is 33.0 Å². The quantitative estimate of drug-likeness (QED) is 0.233. The Morgan fingerprint density at radius 1 is 0.789 bits per heavy atom. The molecule has 0 spiro atoms. The van der Waals surface area contributed by atoms with Crippen molar-refractivity contribution in [3.05, 3.63) is 75.9 Å². The van der Waals surface area contributed by atoms with Crippen LogP contribution in [0.5, 0.6) is 0 Å². The third kappa shape index (κ3) is 6.93. The molecule has 0 atom stereocenters. The fourth-order valence-electron chi connectivity index (χ4n) is 4.06. The van der Waals surface area contributed by atoms with Gasteiger partial charge in [0.2, 0.25) is 0 Å². The predicted molar refractivity (Wildman–Crippen MR) is 170 cm³/mol. The van der Waals surface area contributed by atoms with E-state index in [9.17, 15) is 9.59 Å². The number of terminal acetylenes is 1. The van der Waals surface area contributed by atoms with Crippen molar-refractivity contribution < 1.29 is 9.59 Å². The Labute approximate surface area is 234 Å². The molecule has 2 rings (SSSR count). The smallest absolute Gasteiger partial charge is 0.141 e. The largest absolute Gasteiger partial charge is 0.300 e. The van der Waals surface area contributed by atoms with Gasteiger partial charge < -0.3 is 9.59 Å². The number of carbonyl (C=O) groups is 2. The Bertz CT molecular complexity index is 1260. The molecule has 0 radical (unpaired) electrons. The fraction of sp³-hybridized carbons (Fsp3) is 0.471. The van der Waals surface area contributed by atoms with E-state index in [-0.39, 0.29) is 20.9 Å². The van der Waals surface area contributed by atoms with Crippen LogP contribution < -0.4 is 0 Å². The number of carbonyl (C=O) groups excluding carboxylic acids is 2. The van der Waals surface area contributed by atoms with Gasteiger partial charge >= 0.3 is 0 Å². The van der Waals surface area contributed by atoms with Crippen LogP contribution in [0.1, 0.15) is 92.3 Å². The molecule has 4 heteroatoms. The minimum absolute atomic E-state index is 0.101. The van der Waals surface area contributed by atoms with E-state index in [1.165, 1.54) is 5.56 Å². The summed E-state index contributed by atoms with van der Waals surface area (Å²) in [6, 6.07) is 14.5. The van der Waals surface area contributed by atoms with Crippen LogP contribution in [-0.2, 0) is 12.8 Å². The van der Waals surface area contributed by atoms with Crippen LogP contribution in [-0.4, -0.2) is 27.0 Å². The van der Waals surface area contributed by atoms with E-state index >= 15 is 0 Å². The first kappa shape index (κ1) is 31.7. The van der Waals surface area contributed by atoms with Gasteiger partial charge in [0.15, 0.2) is 0 Å². The van der Waals surface area contributed by atoms with Crippen molar-refractivity contribution in [3.8, 4) is 12.3 Å². The molecule has 0 heterocycles. The predicted octanol–water partition coefficient (Wildman–Crippen LogP) is 9.36. The Morgan fingerprint density at radius 3 is 1.76 bits per heavy atom. The summed E-state index contributed by atoms with van der Waals surface area (Å²) in [5.74, 6) is 2.76. The van der Waals surface area contributed by atoms with Crippen molar-refractivity contribution in [1.82, 2.24) is 0 Å². The van der Waals surface area contributed by atoms with E-state index < -0.39 is 16.1 Å². The van der Waals surface area contributed by atoms with Crippen LogP contribution in [0.25, 0.3) is 6.08 Å². The zero-order chi connectivity index (χ0) is 29.1. The summed E-state index contributed by atoms with van der Waals surface area (Å²) < 4.78 is 0. The molecule has 0 aliphatic carbocycles. The normalized spacial score (nSPS) is 13.3. The summed E-state index contributed by atoms with van der Waals surface area (Å²) in [5, 5.41) is 0.151. The summed E-state index contributed by atoms with van der Waals surface area (Å²) >= 11 is 0. The molecule has 0 amide bonds. The van der Waals surface area contributed by atoms with Crippen molar-refractivity contribution in [2.75, 3.05) is 0 Å². The maximum atomic E-state index is 14.1. The number of benzene rings is 2. The van der Waals surface area contributed by atoms with E-state index in [0.717, 1.165) is 36.0 Å². The van der Waals surface area contributed by atoms with Gasteiger partial charge in [0.05, 0.1) is 0 Å². The molecule has 2 nitrogen and oxygen atoms in total. The molecule has 0 N–H and O–H groups in total. The van der Waals surface area contributed by atoms with E-state index in [4.69, 9.17) is 6.42 Å². The summed E-state index contributed by atoms with van der Waals surface area (Å²) in [4.78, 5) is 28.1. The highest BCUT2D eigenvalue weighted by atomic mass is 28.3. The lowest BCUT2D eigenvalue weighted by atomic mass is 9.98. The highest BCUT2D eigenvalue weighted by Crippen LogP contribution is 2.41. The first-order chi connectivity index (χ1) is 17.4. The highest BCUT2D eigenvalue weighted by Gasteiger charge is 2.47. The van der Waals surface area contributed by atoms with E-state index in [1.54, 1.807) is 0 Å². The topological polar surface area (TPSA) is 34.1 Å². The molecule has 2 aromatic carbocycles. The molecular weight excluding hydrogens is 497 g/mol. The van der Waals surface area contributed by atoms with Gasteiger partial charge in [-0.2, -0.15) is 0 Å². The lowest BCUT2D eigenvalue weighted by molar-refractivity contribution is 0.103. The van der Waals surface area contributed by atoms with E-state index in [2.05, 4.69) is 117 Å². The molecule has 0 aromatic heterocycles. The monoisotopic (exact) mass is 544 g/mol. The number of hydrogen-bond donors (Lipinski definition) is 0. The van der Waals surface area contributed by atoms with Crippen LogP contribution in [0.15, 0.2) is 48.0 Å². The molecule has 204 valence electrons. The van der Waals surface area contributed by atoms with Crippen molar-refractivity contribution in [3.63, 3.8) is 0 Å². The van der Waals surface area contributed by atoms with Gasteiger partial charge in [-0.05, 0) is 58.2 Å². The lowest BCUT2D eigenvalue weighted by Gasteiger charge is -2.37. The zero-order valence-corrected chi connectivity index (χ0v) is 27.6. The van der Waals surface area contributed by atoms with Gasteiger partial charge in [-0.15, -0.1) is 6.42 Å². The first-order valence-electron chi connectivity index (χ1n) is 13.9. The second-order valence-electron chi connectivity index (χ2n) is 13.7. The van der Waals surface area contributed by atoms with Crippen molar-refractivity contribution in [2.45, 2.75) is 104 Å². The van der Waals surface area contributed by atoms with Gasteiger partial charge in [-0.3, -0.25) is 0 Å². The number of rotatable bonds is 9. The minimum Gasteiger partial charge on any atom is -0.300 e. The molecule has 38 heavy (non-hydrogen) atoms. The molecule has 2 aromatic rings. The Balaban J connectivity index is 2.52. The molecule has 0 fully saturated rings. The maximum Gasteiger partial charge on any atom is 0.141 e. The van der Waals surface area contributed by atoms with Gasteiger partial charge in [0.25, 0.3) is 0 Å². The van der Waals surface area contributed by atoms with Crippen LogP contribution in [0.4, 0.5) is 0 Å². The third-order valence-corrected chi connectivity index (χ3v) is 19.3.